The molecule has 0 saturated carbocycles. The van der Waals surface area contributed by atoms with E-state index in [1.165, 1.54) is 10.6 Å². The van der Waals surface area contributed by atoms with Gasteiger partial charge in [0.1, 0.15) is 5.75 Å². The van der Waals surface area contributed by atoms with E-state index in [0.29, 0.717) is 24.2 Å². The second-order valence-electron chi connectivity index (χ2n) is 7.06. The quantitative estimate of drug-likeness (QED) is 0.652. The number of carbonyl (C=O) groups is 1. The first-order valence-corrected chi connectivity index (χ1v) is 11.3. The van der Waals surface area contributed by atoms with Crippen LogP contribution < -0.4 is 14.4 Å². The summed E-state index contributed by atoms with van der Waals surface area (Å²) in [6.45, 7) is 0.691. The summed E-state index contributed by atoms with van der Waals surface area (Å²) in [5, 5.41) is 7.35. The summed E-state index contributed by atoms with van der Waals surface area (Å²) >= 11 is 0. The van der Waals surface area contributed by atoms with Gasteiger partial charge >= 0.3 is 0 Å². The summed E-state index contributed by atoms with van der Waals surface area (Å²) in [5.74, 6) is 0.544. The molecule has 0 fully saturated rings. The maximum absolute atomic E-state index is 12.6. The first kappa shape index (κ1) is 20.0. The van der Waals surface area contributed by atoms with E-state index in [1.807, 2.05) is 36.5 Å². The molecule has 1 aliphatic rings. The SMILES string of the molecule is COc1ccc(-n2ccc(CNC(=O)c3ccc4c(c3)CCN4S(C)(=O)=O)n2)cc1. The molecule has 0 radical (unpaired) electrons. The highest BCUT2D eigenvalue weighted by Gasteiger charge is 2.26. The predicted octanol–water partition coefficient (Wildman–Crippen LogP) is 2.13. The van der Waals surface area contributed by atoms with E-state index in [2.05, 4.69) is 10.4 Å². The Morgan fingerprint density at radius 1 is 1.17 bits per heavy atom. The van der Waals surface area contributed by atoms with Crippen molar-refractivity contribution in [2.45, 2.75) is 13.0 Å². The molecule has 156 valence electrons. The Hall–Kier alpha value is -3.33. The second kappa shape index (κ2) is 7.83. The van der Waals surface area contributed by atoms with Gasteiger partial charge in [0.2, 0.25) is 10.0 Å². The number of sulfonamides is 1. The zero-order valence-corrected chi connectivity index (χ0v) is 17.5. The van der Waals surface area contributed by atoms with E-state index in [-0.39, 0.29) is 12.5 Å². The number of hydrogen-bond donors (Lipinski definition) is 1. The van der Waals surface area contributed by atoms with Crippen LogP contribution in [0.4, 0.5) is 5.69 Å². The lowest BCUT2D eigenvalue weighted by Crippen LogP contribution is -2.27. The molecule has 1 aromatic heterocycles. The molecule has 4 rings (SSSR count). The molecule has 3 aromatic rings. The van der Waals surface area contributed by atoms with Crippen LogP contribution in [0.15, 0.2) is 54.7 Å². The van der Waals surface area contributed by atoms with Crippen molar-refractivity contribution in [2.75, 3.05) is 24.2 Å². The van der Waals surface area contributed by atoms with Gasteiger partial charge in [0.15, 0.2) is 0 Å². The van der Waals surface area contributed by atoms with Gasteiger partial charge in [-0.25, -0.2) is 13.1 Å². The summed E-state index contributed by atoms with van der Waals surface area (Å²) < 4.78 is 31.9. The van der Waals surface area contributed by atoms with Crippen LogP contribution in [0.25, 0.3) is 5.69 Å². The fraction of sp³-hybridized carbons (Fsp3) is 0.238. The smallest absolute Gasteiger partial charge is 0.251 e. The van der Waals surface area contributed by atoms with E-state index in [1.54, 1.807) is 30.0 Å². The minimum absolute atomic E-state index is 0.227. The molecule has 0 unspecified atom stereocenters. The van der Waals surface area contributed by atoms with Gasteiger partial charge in [-0.1, -0.05) is 0 Å². The number of carbonyl (C=O) groups excluding carboxylic acids is 1. The van der Waals surface area contributed by atoms with E-state index >= 15 is 0 Å². The van der Waals surface area contributed by atoms with Gasteiger partial charge in [-0.05, 0) is 60.5 Å². The maximum Gasteiger partial charge on any atom is 0.251 e. The molecule has 8 nitrogen and oxygen atoms in total. The summed E-state index contributed by atoms with van der Waals surface area (Å²) in [6, 6.07) is 14.5. The Morgan fingerprint density at radius 2 is 1.93 bits per heavy atom. The van der Waals surface area contributed by atoms with Crippen LogP contribution in [-0.2, 0) is 23.0 Å². The van der Waals surface area contributed by atoms with Gasteiger partial charge in [-0.2, -0.15) is 5.10 Å². The van der Waals surface area contributed by atoms with Crippen LogP contribution in [-0.4, -0.2) is 44.0 Å². The molecule has 0 bridgehead atoms. The van der Waals surface area contributed by atoms with Crippen LogP contribution in [0.5, 0.6) is 5.75 Å². The lowest BCUT2D eigenvalue weighted by molar-refractivity contribution is 0.0950. The zero-order valence-electron chi connectivity index (χ0n) is 16.7. The highest BCUT2D eigenvalue weighted by molar-refractivity contribution is 7.92. The highest BCUT2D eigenvalue weighted by atomic mass is 32.2. The first-order chi connectivity index (χ1) is 14.3. The number of nitrogens with zero attached hydrogens (tertiary/aromatic N) is 3. The minimum Gasteiger partial charge on any atom is -0.497 e. The third kappa shape index (κ3) is 4.02. The van der Waals surface area contributed by atoms with Gasteiger partial charge in [0, 0.05) is 18.3 Å². The van der Waals surface area contributed by atoms with Crippen LogP contribution in [0.3, 0.4) is 0 Å². The number of rotatable bonds is 6. The fourth-order valence-corrected chi connectivity index (χ4v) is 4.42. The van der Waals surface area contributed by atoms with Crippen molar-refractivity contribution in [3.8, 4) is 11.4 Å². The lowest BCUT2D eigenvalue weighted by atomic mass is 10.1. The number of anilines is 1. The number of hydrogen-bond acceptors (Lipinski definition) is 5. The van der Waals surface area contributed by atoms with Crippen molar-refractivity contribution in [1.29, 1.82) is 0 Å². The monoisotopic (exact) mass is 426 g/mol. The lowest BCUT2D eigenvalue weighted by Gasteiger charge is -2.16. The van der Waals surface area contributed by atoms with Crippen molar-refractivity contribution in [3.05, 3.63) is 71.5 Å². The minimum atomic E-state index is -3.30. The predicted molar refractivity (Wildman–Crippen MR) is 114 cm³/mol. The number of methoxy groups -OCH3 is 1. The number of aromatic nitrogens is 2. The van der Waals surface area contributed by atoms with Crippen LogP contribution in [0, 0.1) is 0 Å². The van der Waals surface area contributed by atoms with Gasteiger partial charge < -0.3 is 10.1 Å². The molecule has 0 atom stereocenters. The number of nitrogens with one attached hydrogen (secondary N) is 1. The topological polar surface area (TPSA) is 93.5 Å². The van der Waals surface area contributed by atoms with Gasteiger partial charge in [-0.3, -0.25) is 9.10 Å². The standard InChI is InChI=1S/C21H22N4O4S/c1-29-19-6-4-18(5-7-19)24-11-10-17(23-24)14-22-21(26)16-3-8-20-15(13-16)9-12-25(20)30(2,27)28/h3-8,10-11,13H,9,12,14H2,1-2H3,(H,22,26). The molecule has 30 heavy (non-hydrogen) atoms. The molecule has 1 N–H and O–H groups in total. The largest absolute Gasteiger partial charge is 0.497 e. The molecule has 9 heteroatoms. The van der Waals surface area contributed by atoms with Crippen molar-refractivity contribution in [3.63, 3.8) is 0 Å². The Balaban J connectivity index is 1.41. The number of fused-ring (bicyclic) bond motifs is 1. The van der Waals surface area contributed by atoms with Gasteiger partial charge in [0.25, 0.3) is 5.91 Å². The molecule has 0 aliphatic carbocycles. The first-order valence-electron chi connectivity index (χ1n) is 9.43. The second-order valence-corrected chi connectivity index (χ2v) is 8.97. The summed E-state index contributed by atoms with van der Waals surface area (Å²) in [4.78, 5) is 12.6. The van der Waals surface area contributed by atoms with E-state index in [0.717, 1.165) is 22.7 Å². The molecule has 2 aromatic carbocycles. The van der Waals surface area contributed by atoms with E-state index < -0.39 is 10.0 Å². The molecule has 1 amide bonds. The molecular formula is C21H22N4O4S. The average Bonchev–Trinajstić information content (AvgIpc) is 3.38. The Morgan fingerprint density at radius 3 is 2.63 bits per heavy atom. The maximum atomic E-state index is 12.6. The third-order valence-corrected chi connectivity index (χ3v) is 6.19. The zero-order chi connectivity index (χ0) is 21.3. The Bertz CT molecular complexity index is 1190. The summed E-state index contributed by atoms with van der Waals surface area (Å²) in [6.07, 6.45) is 3.61. The van der Waals surface area contributed by atoms with Crippen LogP contribution >= 0.6 is 0 Å². The van der Waals surface area contributed by atoms with Crippen molar-refractivity contribution < 1.29 is 17.9 Å². The average molecular weight is 426 g/mol. The van der Waals surface area contributed by atoms with Crippen LogP contribution in [0.1, 0.15) is 21.6 Å². The molecular weight excluding hydrogens is 404 g/mol. The van der Waals surface area contributed by atoms with Gasteiger partial charge in [0.05, 0.1) is 37.0 Å². The van der Waals surface area contributed by atoms with E-state index in [4.69, 9.17) is 4.74 Å². The molecule has 2 heterocycles. The number of amides is 1. The number of benzene rings is 2. The summed E-state index contributed by atoms with van der Waals surface area (Å²) in [5.41, 5.74) is 3.62. The Labute approximate surface area is 175 Å². The van der Waals surface area contributed by atoms with Crippen molar-refractivity contribution in [1.82, 2.24) is 15.1 Å². The number of ether oxygens (including phenoxy) is 1. The Kier molecular flexibility index (Phi) is 5.21. The highest BCUT2D eigenvalue weighted by Crippen LogP contribution is 2.30. The molecule has 0 spiro atoms. The normalized spacial score (nSPS) is 13.2. The van der Waals surface area contributed by atoms with Crippen molar-refractivity contribution in [2.24, 2.45) is 0 Å². The summed E-state index contributed by atoms with van der Waals surface area (Å²) in [7, 11) is -1.69. The fourth-order valence-electron chi connectivity index (χ4n) is 3.46. The third-order valence-electron chi connectivity index (χ3n) is 5.01. The van der Waals surface area contributed by atoms with Gasteiger partial charge in [-0.15, -0.1) is 0 Å². The molecule has 0 saturated heterocycles. The van der Waals surface area contributed by atoms with Crippen molar-refractivity contribution >= 4 is 21.6 Å². The van der Waals surface area contributed by atoms with Crippen LogP contribution in [0.2, 0.25) is 0 Å². The molecule has 1 aliphatic heterocycles. The van der Waals surface area contributed by atoms with E-state index in [9.17, 15) is 13.2 Å².